The molecule has 3 unspecified atom stereocenters. The highest BCUT2D eigenvalue weighted by molar-refractivity contribution is 5.67. The Morgan fingerprint density at radius 1 is 0.402 bits per heavy atom. The van der Waals surface area contributed by atoms with Crippen LogP contribution in [0.25, 0.3) is 0 Å². The average Bonchev–Trinajstić information content (AvgIpc) is 1.39. The van der Waals surface area contributed by atoms with E-state index < -0.39 is 0 Å². The molecule has 0 radical (unpaired) electrons. The molecule has 4 aliphatic rings. The summed E-state index contributed by atoms with van der Waals surface area (Å²) in [5.41, 5.74) is 7.65. The molecule has 0 saturated heterocycles. The standard InChI is InChI=1S/C75H142N2O25/c1-5-6-7-8-66(2)70-11-12-71-69-10-9-67-65-68(13-15-74(67,3)72(69)14-16-75(70,71)4)102-73(78)77-18-20-80-22-24-82-26-28-84-30-32-86-34-36-88-38-40-90-42-44-92-46-48-94-50-52-96-54-56-98-58-60-100-62-64-101-63-61-99-59-57-97-55-53-95-51-49-93-47-45-91-43-41-89-39-37-87-35-33-85-31-29-83-27-25-81-23-21-79-19-17-76/h9,66,68-72H,5-8,10-65,76H2,1-4H3,(H,77,78)/t66-,68+,69?,70-,71?,72?,74+,75-/m1/s1. The van der Waals surface area contributed by atoms with Gasteiger partial charge in [0.15, 0.2) is 0 Å². The van der Waals surface area contributed by atoms with Crippen LogP contribution < -0.4 is 11.1 Å². The lowest BCUT2D eigenvalue weighted by molar-refractivity contribution is -0.0581. The number of carbonyl (C=O) groups is 1. The molecular weight excluding hydrogens is 1330 g/mol. The van der Waals surface area contributed by atoms with Crippen LogP contribution >= 0.6 is 0 Å². The number of unbranched alkanes of at least 4 members (excludes halogenated alkanes) is 2. The van der Waals surface area contributed by atoms with Crippen molar-refractivity contribution in [1.82, 2.24) is 5.32 Å². The fourth-order valence-electron chi connectivity index (χ4n) is 14.1. The summed E-state index contributed by atoms with van der Waals surface area (Å²) in [6.45, 7) is 33.4. The zero-order valence-electron chi connectivity index (χ0n) is 63.8. The van der Waals surface area contributed by atoms with Crippen molar-refractivity contribution < 1.29 is 118 Å². The Morgan fingerprint density at radius 2 is 0.706 bits per heavy atom. The zero-order chi connectivity index (χ0) is 72.4. The summed E-state index contributed by atoms with van der Waals surface area (Å²) in [7, 11) is 0. The number of rotatable bonds is 77. The maximum Gasteiger partial charge on any atom is 0.407 e. The highest BCUT2D eigenvalue weighted by Gasteiger charge is 2.59. The first-order valence-corrected chi connectivity index (χ1v) is 39.0. The van der Waals surface area contributed by atoms with Gasteiger partial charge in [-0.25, -0.2) is 4.79 Å². The van der Waals surface area contributed by atoms with Crippen molar-refractivity contribution in [3.05, 3.63) is 11.6 Å². The molecule has 602 valence electrons. The zero-order valence-corrected chi connectivity index (χ0v) is 63.8. The minimum atomic E-state index is -0.348. The number of nitrogens with two attached hydrogens (primary N) is 1. The van der Waals surface area contributed by atoms with Gasteiger partial charge >= 0.3 is 6.09 Å². The van der Waals surface area contributed by atoms with Crippen LogP contribution in [0.3, 0.4) is 0 Å². The first-order chi connectivity index (χ1) is 50.3. The van der Waals surface area contributed by atoms with Gasteiger partial charge in [0, 0.05) is 19.5 Å². The van der Waals surface area contributed by atoms with Gasteiger partial charge < -0.3 is 125 Å². The molecule has 102 heavy (non-hydrogen) atoms. The number of hydrogen-bond donors (Lipinski definition) is 2. The van der Waals surface area contributed by atoms with Crippen molar-refractivity contribution in [2.75, 3.05) is 317 Å². The van der Waals surface area contributed by atoms with E-state index in [4.69, 9.17) is 119 Å². The fraction of sp³-hybridized carbons (Fsp3) is 0.960. The third-order valence-corrected chi connectivity index (χ3v) is 19.3. The molecule has 0 aromatic heterocycles. The molecule has 0 bridgehead atoms. The van der Waals surface area contributed by atoms with Crippen LogP contribution in [0.15, 0.2) is 11.6 Å². The van der Waals surface area contributed by atoms with Gasteiger partial charge in [0.25, 0.3) is 0 Å². The van der Waals surface area contributed by atoms with Crippen molar-refractivity contribution in [2.24, 2.45) is 46.2 Å². The van der Waals surface area contributed by atoms with E-state index in [-0.39, 0.29) is 17.6 Å². The predicted molar refractivity (Wildman–Crippen MR) is 385 cm³/mol. The quantitative estimate of drug-likeness (QED) is 0.0449. The summed E-state index contributed by atoms with van der Waals surface area (Å²) in [4.78, 5) is 12.8. The third kappa shape index (κ3) is 45.8. The van der Waals surface area contributed by atoms with Crippen LogP contribution in [0.5, 0.6) is 0 Å². The summed E-state index contributed by atoms with van der Waals surface area (Å²) in [5, 5.41) is 2.89. The van der Waals surface area contributed by atoms with Crippen LogP contribution in [-0.2, 0) is 114 Å². The van der Waals surface area contributed by atoms with E-state index in [1.54, 1.807) is 5.57 Å². The van der Waals surface area contributed by atoms with Crippen LogP contribution in [0.4, 0.5) is 4.79 Å². The second kappa shape index (κ2) is 66.1. The first-order valence-electron chi connectivity index (χ1n) is 39.0. The third-order valence-electron chi connectivity index (χ3n) is 19.3. The van der Waals surface area contributed by atoms with Gasteiger partial charge in [-0.3, -0.25) is 0 Å². The molecule has 0 aliphatic heterocycles. The lowest BCUT2D eigenvalue weighted by Gasteiger charge is -2.58. The molecule has 4 rings (SSSR count). The van der Waals surface area contributed by atoms with E-state index >= 15 is 0 Å². The first kappa shape index (κ1) is 92.4. The Balaban J connectivity index is 0.729. The Kier molecular flexibility index (Phi) is 59.9. The number of fused-ring (bicyclic) bond motifs is 5. The molecule has 3 saturated carbocycles. The highest BCUT2D eigenvalue weighted by atomic mass is 16.6. The Labute approximate surface area is 613 Å². The number of nitrogens with one attached hydrogen (secondary N) is 1. The van der Waals surface area contributed by atoms with Crippen LogP contribution in [0, 0.1) is 40.4 Å². The van der Waals surface area contributed by atoms with Gasteiger partial charge in [-0.05, 0) is 85.4 Å². The van der Waals surface area contributed by atoms with Gasteiger partial charge in [0.2, 0.25) is 0 Å². The SMILES string of the molecule is CCCCC[C@@H](C)[C@H]1CCC2C3CC=C4C[C@@H](OC(=O)NCCOCCOCCOCCOCCOCCOCCOCCOCCOCCOCCOCCOCCOCCOCCOCCOCCOCCOCCOCCOCCOCCOCCOCCN)CC[C@]4(C)C3CC[C@@]21C. The van der Waals surface area contributed by atoms with Crippen LogP contribution in [0.1, 0.15) is 105 Å². The van der Waals surface area contributed by atoms with E-state index in [0.29, 0.717) is 322 Å². The van der Waals surface area contributed by atoms with E-state index in [2.05, 4.69) is 39.1 Å². The Morgan fingerprint density at radius 3 is 1.01 bits per heavy atom. The molecule has 1 amide bonds. The van der Waals surface area contributed by atoms with Crippen molar-refractivity contribution in [3.8, 4) is 0 Å². The smallest absolute Gasteiger partial charge is 0.407 e. The number of carbonyl (C=O) groups excluding carboxylic acids is 1. The summed E-state index contributed by atoms with van der Waals surface area (Å²) < 4.78 is 133. The topological polar surface area (TPSA) is 277 Å². The molecule has 0 aromatic carbocycles. The van der Waals surface area contributed by atoms with Crippen molar-refractivity contribution in [2.45, 2.75) is 111 Å². The molecule has 27 heteroatoms. The summed E-state index contributed by atoms with van der Waals surface area (Å²) in [5.74, 6) is 4.16. The minimum Gasteiger partial charge on any atom is -0.446 e. The molecule has 0 spiro atoms. The molecule has 0 heterocycles. The second-order valence-corrected chi connectivity index (χ2v) is 26.5. The highest BCUT2D eigenvalue weighted by Crippen LogP contribution is 2.67. The lowest BCUT2D eigenvalue weighted by Crippen LogP contribution is -2.51. The van der Waals surface area contributed by atoms with Gasteiger partial charge in [0.05, 0.1) is 304 Å². The van der Waals surface area contributed by atoms with Crippen LogP contribution in [-0.4, -0.2) is 329 Å². The van der Waals surface area contributed by atoms with Crippen LogP contribution in [0.2, 0.25) is 0 Å². The van der Waals surface area contributed by atoms with Crippen molar-refractivity contribution in [1.29, 1.82) is 0 Å². The van der Waals surface area contributed by atoms with Crippen molar-refractivity contribution >= 4 is 6.09 Å². The molecule has 0 aromatic rings. The Hall–Kier alpha value is -1.95. The maximum absolute atomic E-state index is 12.8. The minimum absolute atomic E-state index is 0.0583. The Bertz CT molecular complexity index is 1890. The predicted octanol–water partition coefficient (Wildman–Crippen LogP) is 7.22. The van der Waals surface area contributed by atoms with E-state index in [9.17, 15) is 4.79 Å². The van der Waals surface area contributed by atoms with E-state index in [1.165, 1.54) is 57.8 Å². The molecule has 4 aliphatic carbocycles. The fourth-order valence-corrected chi connectivity index (χ4v) is 14.1. The molecule has 8 atom stereocenters. The molecular formula is C75H142N2O25. The van der Waals surface area contributed by atoms with E-state index in [1.807, 2.05) is 0 Å². The second-order valence-electron chi connectivity index (χ2n) is 26.5. The van der Waals surface area contributed by atoms with Crippen molar-refractivity contribution in [3.63, 3.8) is 0 Å². The van der Waals surface area contributed by atoms with Gasteiger partial charge in [-0.15, -0.1) is 0 Å². The molecule has 3 N–H and O–H groups in total. The number of alkyl carbamates (subject to hydrolysis) is 1. The number of amides is 1. The summed E-state index contributed by atoms with van der Waals surface area (Å²) in [6.07, 6.45) is 17.4. The largest absolute Gasteiger partial charge is 0.446 e. The molecule has 27 nitrogen and oxygen atoms in total. The normalized spacial score (nSPS) is 21.3. The van der Waals surface area contributed by atoms with Gasteiger partial charge in [0.1, 0.15) is 6.10 Å². The lowest BCUT2D eigenvalue weighted by atomic mass is 9.47. The number of allylic oxidation sites excluding steroid dienone is 1. The summed E-state index contributed by atoms with van der Waals surface area (Å²) in [6, 6.07) is 0. The number of ether oxygens (including phenoxy) is 24. The average molecular weight is 1470 g/mol. The van der Waals surface area contributed by atoms with Gasteiger partial charge in [-0.1, -0.05) is 65.0 Å². The monoisotopic (exact) mass is 1470 g/mol. The van der Waals surface area contributed by atoms with E-state index in [0.717, 1.165) is 48.9 Å². The number of hydrogen-bond acceptors (Lipinski definition) is 26. The van der Waals surface area contributed by atoms with Gasteiger partial charge in [-0.2, -0.15) is 0 Å². The molecule has 3 fully saturated rings. The maximum atomic E-state index is 12.8. The summed E-state index contributed by atoms with van der Waals surface area (Å²) >= 11 is 0.